The van der Waals surface area contributed by atoms with E-state index in [2.05, 4.69) is 228 Å². The Morgan fingerprint density at radius 2 is 0.968 bits per heavy atom. The van der Waals surface area contributed by atoms with Gasteiger partial charge in [0, 0.05) is 55.4 Å². The van der Waals surface area contributed by atoms with Crippen molar-refractivity contribution in [3.8, 4) is 22.9 Å². The maximum atomic E-state index is 5.36. The number of hydrogen-bond acceptors (Lipinski definition) is 2. The van der Waals surface area contributed by atoms with Crippen LogP contribution in [-0.2, 0) is 0 Å². The van der Waals surface area contributed by atoms with E-state index in [-0.39, 0.29) is 11.8 Å². The van der Waals surface area contributed by atoms with Crippen LogP contribution in [0.1, 0.15) is 11.1 Å². The number of para-hydroxylation sites is 4. The van der Waals surface area contributed by atoms with E-state index in [1.807, 2.05) is 0 Å². The van der Waals surface area contributed by atoms with Crippen molar-refractivity contribution in [3.63, 3.8) is 0 Å². The van der Waals surface area contributed by atoms with Crippen LogP contribution < -0.4 is 0 Å². The Morgan fingerprint density at radius 1 is 0.387 bits per heavy atom. The minimum atomic E-state index is 0.150. The Bertz CT molecular complexity index is 3750. The van der Waals surface area contributed by atoms with Crippen LogP contribution in [0.15, 0.2) is 218 Å². The molecule has 62 heavy (non-hydrogen) atoms. The molecule has 11 aromatic rings. The highest BCUT2D eigenvalue weighted by molar-refractivity contribution is 6.21. The van der Waals surface area contributed by atoms with Crippen molar-refractivity contribution in [2.24, 2.45) is 11.8 Å². The molecule has 0 radical (unpaired) electrons. The van der Waals surface area contributed by atoms with Crippen molar-refractivity contribution in [1.29, 1.82) is 0 Å². The molecular weight excluding hydrogens is 753 g/mol. The van der Waals surface area contributed by atoms with Crippen LogP contribution in [0.25, 0.3) is 99.3 Å². The lowest BCUT2D eigenvalue weighted by Crippen LogP contribution is -2.19. The smallest absolute Gasteiger partial charge is 0.235 e. The van der Waals surface area contributed by atoms with Crippen molar-refractivity contribution in [2.45, 2.75) is 0 Å². The van der Waals surface area contributed by atoms with Gasteiger partial charge in [-0.2, -0.15) is 0 Å². The lowest BCUT2D eigenvalue weighted by molar-refractivity contribution is 0.696. The molecule has 0 saturated heterocycles. The van der Waals surface area contributed by atoms with Crippen molar-refractivity contribution in [3.05, 3.63) is 230 Å². The molecule has 4 heteroatoms. The third kappa shape index (κ3) is 5.20. The van der Waals surface area contributed by atoms with Gasteiger partial charge in [-0.05, 0) is 70.1 Å². The molecule has 0 fully saturated rings. The zero-order valence-corrected chi connectivity index (χ0v) is 33.7. The summed E-state index contributed by atoms with van der Waals surface area (Å²) in [6, 6.07) is 65.4. The summed E-state index contributed by atoms with van der Waals surface area (Å²) >= 11 is 0. The van der Waals surface area contributed by atoms with Gasteiger partial charge in [-0.3, -0.25) is 4.57 Å². The molecule has 2 aliphatic rings. The Morgan fingerprint density at radius 3 is 1.74 bits per heavy atom. The zero-order chi connectivity index (χ0) is 40.7. The van der Waals surface area contributed by atoms with Crippen LogP contribution >= 0.6 is 0 Å². The fourth-order valence-corrected chi connectivity index (χ4v) is 10.4. The van der Waals surface area contributed by atoms with Crippen LogP contribution in [0.5, 0.6) is 0 Å². The summed E-state index contributed by atoms with van der Waals surface area (Å²) in [7, 11) is 0. The number of aromatic nitrogens is 4. The number of hydrogen-bond donors (Lipinski definition) is 0. The molecule has 0 bridgehead atoms. The highest BCUT2D eigenvalue weighted by Crippen LogP contribution is 2.48. The summed E-state index contributed by atoms with van der Waals surface area (Å²) in [6.45, 7) is 0. The van der Waals surface area contributed by atoms with E-state index in [0.717, 1.165) is 33.2 Å². The summed E-state index contributed by atoms with van der Waals surface area (Å²) in [5.41, 5.74) is 13.8. The van der Waals surface area contributed by atoms with Gasteiger partial charge in [0.25, 0.3) is 0 Å². The first-order valence-electron chi connectivity index (χ1n) is 21.4. The Kier molecular flexibility index (Phi) is 7.70. The van der Waals surface area contributed by atoms with Gasteiger partial charge in [0.05, 0.1) is 33.3 Å². The Balaban J connectivity index is 1.01. The molecule has 3 heterocycles. The number of rotatable bonds is 5. The molecule has 0 saturated carbocycles. The third-order valence-electron chi connectivity index (χ3n) is 13.1. The summed E-state index contributed by atoms with van der Waals surface area (Å²) in [6.07, 6.45) is 14.0. The van der Waals surface area contributed by atoms with Gasteiger partial charge in [0.15, 0.2) is 0 Å². The van der Waals surface area contributed by atoms with Crippen molar-refractivity contribution >= 4 is 76.4 Å². The predicted octanol–water partition coefficient (Wildman–Crippen LogP) is 14.5. The highest BCUT2D eigenvalue weighted by Gasteiger charge is 2.32. The molecule has 8 aromatic carbocycles. The van der Waals surface area contributed by atoms with Gasteiger partial charge in [-0.15, -0.1) is 0 Å². The SMILES string of the molecule is C1=CC2C(c3ccc4c5ccccc5n(-c5nc(-c6ccccc6)c6ccccc6n5)c4c3)=CC=C(c3cc4c5ccccc5n(-c5ccccc5)c4c4ccccc34)C2C=C1. The summed E-state index contributed by atoms with van der Waals surface area (Å²) in [5, 5.41) is 8.45. The number of allylic oxidation sites excluding steroid dienone is 8. The van der Waals surface area contributed by atoms with E-state index >= 15 is 0 Å². The van der Waals surface area contributed by atoms with Crippen molar-refractivity contribution < 1.29 is 0 Å². The van der Waals surface area contributed by atoms with Gasteiger partial charge >= 0.3 is 0 Å². The quantitative estimate of drug-likeness (QED) is 0.174. The van der Waals surface area contributed by atoms with Gasteiger partial charge < -0.3 is 4.57 Å². The fraction of sp³-hybridized carbons (Fsp3) is 0.0345. The van der Waals surface area contributed by atoms with Crippen LogP contribution in [-0.4, -0.2) is 19.1 Å². The highest BCUT2D eigenvalue weighted by atomic mass is 15.2. The molecule has 290 valence electrons. The first-order valence-corrected chi connectivity index (χ1v) is 21.4. The molecule has 0 amide bonds. The average Bonchev–Trinajstić information content (AvgIpc) is 3.86. The monoisotopic (exact) mass is 790 g/mol. The molecule has 0 N–H and O–H groups in total. The summed E-state index contributed by atoms with van der Waals surface area (Å²) < 4.78 is 4.70. The number of benzene rings is 8. The topological polar surface area (TPSA) is 35.6 Å². The second-order valence-corrected chi connectivity index (χ2v) is 16.5. The summed E-state index contributed by atoms with van der Waals surface area (Å²) in [5.74, 6) is 0.971. The molecule has 0 aliphatic heterocycles. The van der Waals surface area contributed by atoms with Crippen LogP contribution in [0.4, 0.5) is 0 Å². The minimum Gasteiger partial charge on any atom is -0.309 e. The second-order valence-electron chi connectivity index (χ2n) is 16.5. The van der Waals surface area contributed by atoms with Crippen LogP contribution in [0.2, 0.25) is 0 Å². The van der Waals surface area contributed by atoms with Crippen LogP contribution in [0, 0.1) is 11.8 Å². The molecule has 13 rings (SSSR count). The first kappa shape index (κ1) is 34.8. The maximum Gasteiger partial charge on any atom is 0.235 e. The van der Waals surface area contributed by atoms with Gasteiger partial charge in [0.2, 0.25) is 5.95 Å². The maximum absolute atomic E-state index is 5.36. The average molecular weight is 791 g/mol. The van der Waals surface area contributed by atoms with Crippen molar-refractivity contribution in [2.75, 3.05) is 0 Å². The van der Waals surface area contributed by atoms with Gasteiger partial charge in [-0.1, -0.05) is 176 Å². The fourth-order valence-electron chi connectivity index (χ4n) is 10.4. The van der Waals surface area contributed by atoms with E-state index in [1.54, 1.807) is 0 Å². The lowest BCUT2D eigenvalue weighted by atomic mass is 9.71. The second kappa shape index (κ2) is 13.7. The number of nitrogens with zero attached hydrogens (tertiary/aromatic N) is 4. The number of fused-ring (bicyclic) bond motifs is 10. The van der Waals surface area contributed by atoms with E-state index < -0.39 is 0 Å². The molecule has 0 spiro atoms. The lowest BCUT2D eigenvalue weighted by Gasteiger charge is -2.33. The molecule has 2 unspecified atom stereocenters. The standard InChI is InChI=1S/C58H38N4/c1-3-17-37(18-4-1)56-49-27-11-14-28-52(49)59-58(60-56)62-54-30-16-12-24-45(54)47-32-31-38(35-55(47)62)40-33-34-44(42-22-8-7-21-41(40)42)50-36-51-46-25-13-15-29-53(46)61(39-19-5-2-6-20-39)57(51)48-26-10-9-23-43(48)50/h1-36,41-42H. The largest absolute Gasteiger partial charge is 0.309 e. The van der Waals surface area contributed by atoms with E-state index in [9.17, 15) is 0 Å². The molecular formula is C58H38N4. The van der Waals surface area contributed by atoms with E-state index in [0.29, 0.717) is 5.95 Å². The normalized spacial score (nSPS) is 16.1. The van der Waals surface area contributed by atoms with E-state index in [4.69, 9.17) is 9.97 Å². The molecule has 2 aliphatic carbocycles. The Labute approximate surface area is 358 Å². The third-order valence-corrected chi connectivity index (χ3v) is 13.1. The van der Waals surface area contributed by atoms with Gasteiger partial charge in [-0.25, -0.2) is 9.97 Å². The summed E-state index contributed by atoms with van der Waals surface area (Å²) in [4.78, 5) is 10.6. The minimum absolute atomic E-state index is 0.150. The predicted molar refractivity (Wildman–Crippen MR) is 259 cm³/mol. The van der Waals surface area contributed by atoms with Crippen molar-refractivity contribution in [1.82, 2.24) is 19.1 Å². The molecule has 3 aromatic heterocycles. The van der Waals surface area contributed by atoms with Crippen LogP contribution in [0.3, 0.4) is 0 Å². The molecule has 2 atom stereocenters. The zero-order valence-electron chi connectivity index (χ0n) is 33.7. The first-order chi connectivity index (χ1) is 30.8. The molecule has 4 nitrogen and oxygen atoms in total. The van der Waals surface area contributed by atoms with E-state index in [1.165, 1.54) is 71.3 Å². The Hall–Kier alpha value is -8.08. The van der Waals surface area contributed by atoms with Gasteiger partial charge in [0.1, 0.15) is 0 Å².